The highest BCUT2D eigenvalue weighted by atomic mass is 32.1. The molecule has 4 heteroatoms. The van der Waals surface area contributed by atoms with Gasteiger partial charge in [0, 0.05) is 29.8 Å². The van der Waals surface area contributed by atoms with Gasteiger partial charge >= 0.3 is 0 Å². The summed E-state index contributed by atoms with van der Waals surface area (Å²) < 4.78 is 5.46. The van der Waals surface area contributed by atoms with Crippen molar-refractivity contribution in [3.05, 3.63) is 57.8 Å². The molecule has 0 saturated carbocycles. The molecule has 0 aliphatic heterocycles. The summed E-state index contributed by atoms with van der Waals surface area (Å²) in [6, 6.07) is 14.2. The molecule has 2 aromatic rings. The zero-order valence-corrected chi connectivity index (χ0v) is 13.3. The Hall–Kier alpha value is -1.65. The first-order valence-electron chi connectivity index (χ1n) is 7.09. The third-order valence-corrected chi connectivity index (χ3v) is 4.42. The van der Waals surface area contributed by atoms with Gasteiger partial charge in [-0.15, -0.1) is 11.3 Å². The summed E-state index contributed by atoms with van der Waals surface area (Å²) in [6.07, 6.45) is 1.20. The van der Waals surface area contributed by atoms with Crippen LogP contribution >= 0.6 is 11.3 Å². The van der Waals surface area contributed by atoms with E-state index in [1.165, 1.54) is 10.4 Å². The standard InChI is InChI=1S/C17H21NO2S/c1-13-8-10-16(21-13)15(20-2)12-18-17(19)11-9-14-6-4-3-5-7-14/h3-8,10,15H,9,11-12H2,1-2H3,(H,18,19). The van der Waals surface area contributed by atoms with Gasteiger partial charge in [-0.05, 0) is 31.0 Å². The second-order valence-corrected chi connectivity index (χ2v) is 6.28. The fourth-order valence-electron chi connectivity index (χ4n) is 2.12. The molecule has 21 heavy (non-hydrogen) atoms. The van der Waals surface area contributed by atoms with Crippen molar-refractivity contribution in [1.82, 2.24) is 5.32 Å². The van der Waals surface area contributed by atoms with Crippen molar-refractivity contribution in [3.63, 3.8) is 0 Å². The number of rotatable bonds is 7. The Morgan fingerprint density at radius 2 is 2.00 bits per heavy atom. The van der Waals surface area contributed by atoms with Gasteiger partial charge in [-0.25, -0.2) is 0 Å². The summed E-state index contributed by atoms with van der Waals surface area (Å²) in [5.74, 6) is 0.0641. The fraction of sp³-hybridized carbons (Fsp3) is 0.353. The van der Waals surface area contributed by atoms with Crippen LogP contribution in [0.1, 0.15) is 27.8 Å². The topological polar surface area (TPSA) is 38.3 Å². The molecule has 0 aliphatic rings. The molecule has 0 aliphatic carbocycles. The van der Waals surface area contributed by atoms with Gasteiger partial charge in [0.25, 0.3) is 0 Å². The lowest BCUT2D eigenvalue weighted by atomic mass is 10.1. The Balaban J connectivity index is 1.77. The van der Waals surface area contributed by atoms with Crippen molar-refractivity contribution < 1.29 is 9.53 Å². The SMILES string of the molecule is COC(CNC(=O)CCc1ccccc1)c1ccc(C)s1. The molecule has 0 saturated heterocycles. The van der Waals surface area contributed by atoms with Gasteiger partial charge in [-0.2, -0.15) is 0 Å². The number of carbonyl (C=O) groups excluding carboxylic acids is 1. The van der Waals surface area contributed by atoms with E-state index in [0.29, 0.717) is 13.0 Å². The van der Waals surface area contributed by atoms with Crippen LogP contribution in [0.25, 0.3) is 0 Å². The molecule has 1 unspecified atom stereocenters. The predicted molar refractivity (Wildman–Crippen MR) is 86.6 cm³/mol. The molecule has 2 rings (SSSR count). The molecular weight excluding hydrogens is 282 g/mol. The summed E-state index contributed by atoms with van der Waals surface area (Å²) >= 11 is 1.71. The average Bonchev–Trinajstić information content (AvgIpc) is 2.93. The number of methoxy groups -OCH3 is 1. The first-order valence-corrected chi connectivity index (χ1v) is 7.90. The van der Waals surface area contributed by atoms with Gasteiger partial charge in [0.1, 0.15) is 6.10 Å². The molecule has 0 spiro atoms. The predicted octanol–water partition coefficient (Wildman–Crippen LogP) is 3.49. The normalized spacial score (nSPS) is 12.1. The minimum absolute atomic E-state index is 0.0641. The minimum Gasteiger partial charge on any atom is -0.374 e. The summed E-state index contributed by atoms with van der Waals surface area (Å²) in [7, 11) is 1.68. The maximum Gasteiger partial charge on any atom is 0.220 e. The monoisotopic (exact) mass is 303 g/mol. The molecule has 1 amide bonds. The number of nitrogens with one attached hydrogen (secondary N) is 1. The van der Waals surface area contributed by atoms with Crippen LogP contribution < -0.4 is 5.32 Å². The third-order valence-electron chi connectivity index (χ3n) is 3.33. The summed E-state index contributed by atoms with van der Waals surface area (Å²) in [4.78, 5) is 14.3. The highest BCUT2D eigenvalue weighted by Gasteiger charge is 2.13. The van der Waals surface area contributed by atoms with E-state index in [1.807, 2.05) is 30.3 Å². The molecule has 1 aromatic heterocycles. The fourth-order valence-corrected chi connectivity index (χ4v) is 3.08. The van der Waals surface area contributed by atoms with E-state index in [0.717, 1.165) is 11.3 Å². The van der Waals surface area contributed by atoms with Crippen molar-refractivity contribution in [2.75, 3.05) is 13.7 Å². The Kier molecular flexibility index (Phi) is 5.96. The first kappa shape index (κ1) is 15.7. The van der Waals surface area contributed by atoms with Crippen LogP contribution in [0.15, 0.2) is 42.5 Å². The summed E-state index contributed by atoms with van der Waals surface area (Å²) in [6.45, 7) is 2.59. The lowest BCUT2D eigenvalue weighted by Gasteiger charge is -2.14. The molecule has 1 aromatic carbocycles. The molecule has 0 bridgehead atoms. The van der Waals surface area contributed by atoms with Crippen molar-refractivity contribution in [3.8, 4) is 0 Å². The number of amides is 1. The second kappa shape index (κ2) is 7.96. The molecule has 0 radical (unpaired) electrons. The second-order valence-electron chi connectivity index (χ2n) is 4.96. The van der Waals surface area contributed by atoms with E-state index in [1.54, 1.807) is 18.4 Å². The summed E-state index contributed by atoms with van der Waals surface area (Å²) in [5, 5.41) is 2.95. The van der Waals surface area contributed by atoms with Crippen LogP contribution in [0.2, 0.25) is 0 Å². The number of hydrogen-bond donors (Lipinski definition) is 1. The number of benzene rings is 1. The Morgan fingerprint density at radius 3 is 2.62 bits per heavy atom. The molecular formula is C17H21NO2S. The van der Waals surface area contributed by atoms with E-state index >= 15 is 0 Å². The van der Waals surface area contributed by atoms with Gasteiger partial charge in [-0.3, -0.25) is 4.79 Å². The van der Waals surface area contributed by atoms with Gasteiger partial charge in [-0.1, -0.05) is 30.3 Å². The highest BCUT2D eigenvalue weighted by molar-refractivity contribution is 7.12. The molecule has 1 heterocycles. The Labute approximate surface area is 130 Å². The molecule has 0 fully saturated rings. The maximum atomic E-state index is 11.9. The van der Waals surface area contributed by atoms with Crippen LogP contribution in [0.4, 0.5) is 0 Å². The molecule has 1 N–H and O–H groups in total. The van der Waals surface area contributed by atoms with Gasteiger partial charge in [0.15, 0.2) is 0 Å². The molecule has 112 valence electrons. The van der Waals surface area contributed by atoms with Crippen LogP contribution in [-0.2, 0) is 16.0 Å². The smallest absolute Gasteiger partial charge is 0.220 e. The molecule has 3 nitrogen and oxygen atoms in total. The largest absolute Gasteiger partial charge is 0.374 e. The minimum atomic E-state index is -0.0654. The van der Waals surface area contributed by atoms with Gasteiger partial charge in [0.2, 0.25) is 5.91 Å². The van der Waals surface area contributed by atoms with Gasteiger partial charge < -0.3 is 10.1 Å². The zero-order chi connectivity index (χ0) is 15.1. The van der Waals surface area contributed by atoms with Crippen molar-refractivity contribution in [1.29, 1.82) is 0 Å². The van der Waals surface area contributed by atoms with Crippen LogP contribution in [0, 0.1) is 6.92 Å². The van der Waals surface area contributed by atoms with Gasteiger partial charge in [0.05, 0.1) is 0 Å². The van der Waals surface area contributed by atoms with Crippen LogP contribution in [0.3, 0.4) is 0 Å². The van der Waals surface area contributed by atoms with Crippen molar-refractivity contribution in [2.45, 2.75) is 25.9 Å². The Morgan fingerprint density at radius 1 is 1.24 bits per heavy atom. The van der Waals surface area contributed by atoms with E-state index < -0.39 is 0 Å². The number of ether oxygens (including phenoxy) is 1. The Bertz CT molecular complexity index is 565. The average molecular weight is 303 g/mol. The third kappa shape index (κ3) is 4.99. The van der Waals surface area contributed by atoms with E-state index in [2.05, 4.69) is 24.4 Å². The number of aryl methyl sites for hydroxylation is 2. The van der Waals surface area contributed by atoms with Crippen LogP contribution in [-0.4, -0.2) is 19.6 Å². The summed E-state index contributed by atoms with van der Waals surface area (Å²) in [5.41, 5.74) is 1.19. The zero-order valence-electron chi connectivity index (χ0n) is 12.5. The quantitative estimate of drug-likeness (QED) is 0.850. The van der Waals surface area contributed by atoms with E-state index in [4.69, 9.17) is 4.74 Å². The lowest BCUT2D eigenvalue weighted by Crippen LogP contribution is -2.29. The number of carbonyl (C=O) groups is 1. The lowest BCUT2D eigenvalue weighted by molar-refractivity contribution is -0.121. The maximum absolute atomic E-state index is 11.9. The number of hydrogen-bond acceptors (Lipinski definition) is 3. The van der Waals surface area contributed by atoms with E-state index in [-0.39, 0.29) is 12.0 Å². The first-order chi connectivity index (χ1) is 10.2. The number of thiophene rings is 1. The van der Waals surface area contributed by atoms with Crippen LogP contribution in [0.5, 0.6) is 0 Å². The van der Waals surface area contributed by atoms with Crippen molar-refractivity contribution >= 4 is 17.2 Å². The molecule has 1 atom stereocenters. The van der Waals surface area contributed by atoms with E-state index in [9.17, 15) is 4.79 Å². The highest BCUT2D eigenvalue weighted by Crippen LogP contribution is 2.24. The van der Waals surface area contributed by atoms with Crippen molar-refractivity contribution in [2.24, 2.45) is 0 Å².